The fraction of sp³-hybridized carbons (Fsp3) is 0.412. The number of nitrogens with zero attached hydrogens (tertiary/aromatic N) is 2. The number of aromatic nitrogens is 1. The standard InChI is InChI=1S/C17H19ClN2O/c18-16(17(21)20-10-3-1-2-4-11-20)14-7-8-15-13(12-14)6-5-9-19-15/h5-9,12,16H,1-4,10-11H2. The molecule has 21 heavy (non-hydrogen) atoms. The minimum atomic E-state index is -0.604. The number of hydrogen-bond acceptors (Lipinski definition) is 2. The third-order valence-electron chi connectivity index (χ3n) is 4.05. The van der Waals surface area contributed by atoms with Crippen LogP contribution in [0, 0.1) is 0 Å². The van der Waals surface area contributed by atoms with Crippen LogP contribution in [0.4, 0.5) is 0 Å². The summed E-state index contributed by atoms with van der Waals surface area (Å²) in [5.41, 5.74) is 1.78. The molecular formula is C17H19ClN2O. The zero-order valence-electron chi connectivity index (χ0n) is 12.0. The fourth-order valence-corrected chi connectivity index (χ4v) is 3.12. The Labute approximate surface area is 129 Å². The van der Waals surface area contributed by atoms with Gasteiger partial charge in [0.15, 0.2) is 0 Å². The van der Waals surface area contributed by atoms with E-state index in [1.807, 2.05) is 35.2 Å². The van der Waals surface area contributed by atoms with Crippen LogP contribution >= 0.6 is 11.6 Å². The summed E-state index contributed by atoms with van der Waals surface area (Å²) in [6.07, 6.45) is 6.34. The van der Waals surface area contributed by atoms with Crippen LogP contribution in [0.1, 0.15) is 36.6 Å². The fourth-order valence-electron chi connectivity index (χ4n) is 2.85. The molecule has 3 rings (SSSR count). The van der Waals surface area contributed by atoms with E-state index < -0.39 is 5.38 Å². The van der Waals surface area contributed by atoms with E-state index >= 15 is 0 Å². The molecule has 1 saturated heterocycles. The highest BCUT2D eigenvalue weighted by molar-refractivity contribution is 6.30. The number of likely N-dealkylation sites (tertiary alicyclic amines) is 1. The molecule has 1 aliphatic heterocycles. The first-order valence-corrected chi connectivity index (χ1v) is 7.97. The molecule has 2 heterocycles. The van der Waals surface area contributed by atoms with Gasteiger partial charge in [0.2, 0.25) is 5.91 Å². The second-order valence-electron chi connectivity index (χ2n) is 5.56. The van der Waals surface area contributed by atoms with Crippen molar-refractivity contribution in [2.75, 3.05) is 13.1 Å². The van der Waals surface area contributed by atoms with E-state index in [2.05, 4.69) is 4.98 Å². The summed E-state index contributed by atoms with van der Waals surface area (Å²) in [4.78, 5) is 18.8. The molecule has 1 aliphatic rings. The Morgan fingerprint density at radius 2 is 1.90 bits per heavy atom. The van der Waals surface area contributed by atoms with Gasteiger partial charge in [-0.2, -0.15) is 0 Å². The van der Waals surface area contributed by atoms with Crippen LogP contribution in [-0.2, 0) is 4.79 Å². The van der Waals surface area contributed by atoms with Gasteiger partial charge in [0.05, 0.1) is 5.52 Å². The summed E-state index contributed by atoms with van der Waals surface area (Å²) >= 11 is 6.43. The SMILES string of the molecule is O=C(C(Cl)c1ccc2ncccc2c1)N1CCCCCC1. The number of benzene rings is 1. The average Bonchev–Trinajstić information content (AvgIpc) is 2.82. The monoisotopic (exact) mass is 302 g/mol. The van der Waals surface area contributed by atoms with Crippen LogP contribution in [0.2, 0.25) is 0 Å². The van der Waals surface area contributed by atoms with Gasteiger partial charge in [-0.05, 0) is 36.6 Å². The van der Waals surface area contributed by atoms with Gasteiger partial charge in [-0.3, -0.25) is 9.78 Å². The number of amides is 1. The molecule has 0 N–H and O–H groups in total. The highest BCUT2D eigenvalue weighted by Gasteiger charge is 2.24. The number of hydrogen-bond donors (Lipinski definition) is 0. The first-order valence-electron chi connectivity index (χ1n) is 7.53. The van der Waals surface area contributed by atoms with Crippen molar-refractivity contribution in [1.29, 1.82) is 0 Å². The number of rotatable bonds is 2. The van der Waals surface area contributed by atoms with E-state index in [0.717, 1.165) is 42.4 Å². The zero-order valence-corrected chi connectivity index (χ0v) is 12.7. The second kappa shape index (κ2) is 6.44. The molecule has 110 valence electrons. The van der Waals surface area contributed by atoms with Gasteiger partial charge in [0.25, 0.3) is 0 Å². The molecule has 1 atom stereocenters. The summed E-state index contributed by atoms with van der Waals surface area (Å²) in [5, 5.41) is 0.414. The van der Waals surface area contributed by atoms with Crippen LogP contribution in [0.5, 0.6) is 0 Å². The molecule has 0 aliphatic carbocycles. The van der Waals surface area contributed by atoms with Crippen molar-refractivity contribution in [2.24, 2.45) is 0 Å². The van der Waals surface area contributed by atoms with Gasteiger partial charge in [-0.15, -0.1) is 11.6 Å². The highest BCUT2D eigenvalue weighted by atomic mass is 35.5. The molecule has 0 spiro atoms. The van der Waals surface area contributed by atoms with E-state index in [4.69, 9.17) is 11.6 Å². The summed E-state index contributed by atoms with van der Waals surface area (Å²) < 4.78 is 0. The maximum Gasteiger partial charge on any atom is 0.245 e. The van der Waals surface area contributed by atoms with Crippen LogP contribution < -0.4 is 0 Å². The molecule has 0 saturated carbocycles. The van der Waals surface area contributed by atoms with E-state index in [-0.39, 0.29) is 5.91 Å². The minimum Gasteiger partial charge on any atom is -0.341 e. The summed E-state index contributed by atoms with van der Waals surface area (Å²) in [5.74, 6) is 0.0295. The number of alkyl halides is 1. The first-order chi connectivity index (χ1) is 10.3. The molecule has 1 amide bonds. The van der Waals surface area contributed by atoms with Crippen molar-refractivity contribution in [2.45, 2.75) is 31.1 Å². The third-order valence-corrected chi connectivity index (χ3v) is 4.49. The van der Waals surface area contributed by atoms with Gasteiger partial charge in [-0.25, -0.2) is 0 Å². The number of halogens is 1. The smallest absolute Gasteiger partial charge is 0.245 e. The number of pyridine rings is 1. The molecule has 0 bridgehead atoms. The van der Waals surface area contributed by atoms with Gasteiger partial charge < -0.3 is 4.90 Å². The number of carbonyl (C=O) groups excluding carboxylic acids is 1. The lowest BCUT2D eigenvalue weighted by Gasteiger charge is -2.23. The Morgan fingerprint density at radius 1 is 1.14 bits per heavy atom. The second-order valence-corrected chi connectivity index (χ2v) is 5.99. The van der Waals surface area contributed by atoms with E-state index in [0.29, 0.717) is 0 Å². The van der Waals surface area contributed by atoms with Crippen molar-refractivity contribution >= 4 is 28.4 Å². The van der Waals surface area contributed by atoms with E-state index in [9.17, 15) is 4.79 Å². The molecule has 1 aromatic carbocycles. The third kappa shape index (κ3) is 3.18. The lowest BCUT2D eigenvalue weighted by atomic mass is 10.1. The van der Waals surface area contributed by atoms with Crippen molar-refractivity contribution < 1.29 is 4.79 Å². The molecule has 0 radical (unpaired) electrons. The van der Waals surface area contributed by atoms with E-state index in [1.54, 1.807) is 6.20 Å². The Morgan fingerprint density at radius 3 is 2.67 bits per heavy atom. The molecular weight excluding hydrogens is 284 g/mol. The maximum absolute atomic E-state index is 12.6. The van der Waals surface area contributed by atoms with E-state index in [1.165, 1.54) is 12.8 Å². The zero-order chi connectivity index (χ0) is 14.7. The Bertz CT molecular complexity index is 635. The molecule has 1 unspecified atom stereocenters. The number of carbonyl (C=O) groups is 1. The van der Waals surface area contributed by atoms with Crippen LogP contribution in [-0.4, -0.2) is 28.9 Å². The van der Waals surface area contributed by atoms with Gasteiger partial charge >= 0.3 is 0 Å². The largest absolute Gasteiger partial charge is 0.341 e. The van der Waals surface area contributed by atoms with Crippen LogP contribution in [0.15, 0.2) is 36.5 Å². The van der Waals surface area contributed by atoms with Crippen molar-refractivity contribution in [3.63, 3.8) is 0 Å². The van der Waals surface area contributed by atoms with Crippen LogP contribution in [0.25, 0.3) is 10.9 Å². The summed E-state index contributed by atoms with van der Waals surface area (Å²) in [7, 11) is 0. The first kappa shape index (κ1) is 14.3. The molecule has 1 aromatic heterocycles. The predicted octanol–water partition coefficient (Wildman–Crippen LogP) is 3.92. The van der Waals surface area contributed by atoms with Gasteiger partial charge in [-0.1, -0.05) is 25.0 Å². The molecule has 2 aromatic rings. The maximum atomic E-state index is 12.6. The molecule has 3 nitrogen and oxygen atoms in total. The Kier molecular flexibility index (Phi) is 4.39. The van der Waals surface area contributed by atoms with Crippen LogP contribution in [0.3, 0.4) is 0 Å². The lowest BCUT2D eigenvalue weighted by molar-refractivity contribution is -0.130. The molecule has 1 fully saturated rings. The molecule has 4 heteroatoms. The van der Waals surface area contributed by atoms with Gasteiger partial charge in [0, 0.05) is 24.7 Å². The van der Waals surface area contributed by atoms with Crippen molar-refractivity contribution in [3.05, 3.63) is 42.1 Å². The van der Waals surface area contributed by atoms with Crippen molar-refractivity contribution in [1.82, 2.24) is 9.88 Å². The number of fused-ring (bicyclic) bond motifs is 1. The Balaban J connectivity index is 1.81. The topological polar surface area (TPSA) is 33.2 Å². The Hall–Kier alpha value is -1.61. The van der Waals surface area contributed by atoms with Gasteiger partial charge in [0.1, 0.15) is 5.38 Å². The minimum absolute atomic E-state index is 0.0295. The van der Waals surface area contributed by atoms with Crippen molar-refractivity contribution in [3.8, 4) is 0 Å². The lowest BCUT2D eigenvalue weighted by Crippen LogP contribution is -2.34. The summed E-state index contributed by atoms with van der Waals surface area (Å²) in [6.45, 7) is 1.66. The highest BCUT2D eigenvalue weighted by Crippen LogP contribution is 2.27. The normalized spacial score (nSPS) is 17.5. The quantitative estimate of drug-likeness (QED) is 0.788. The average molecular weight is 303 g/mol. The summed E-state index contributed by atoms with van der Waals surface area (Å²) in [6, 6.07) is 9.69. The predicted molar refractivity (Wildman–Crippen MR) is 85.4 cm³/mol.